The van der Waals surface area contributed by atoms with Crippen molar-refractivity contribution in [1.82, 2.24) is 15.5 Å². The van der Waals surface area contributed by atoms with Gasteiger partial charge in [-0.25, -0.2) is 8.78 Å². The van der Waals surface area contributed by atoms with Crippen LogP contribution < -0.4 is 10.6 Å². The number of carbonyl (C=O) groups excluding carboxylic acids is 1. The van der Waals surface area contributed by atoms with Crippen LogP contribution in [0.2, 0.25) is 0 Å². The lowest BCUT2D eigenvalue weighted by molar-refractivity contribution is -0.192. The summed E-state index contributed by atoms with van der Waals surface area (Å²) in [4.78, 5) is 13.7. The third-order valence-corrected chi connectivity index (χ3v) is 5.32. The average Bonchev–Trinajstić information content (AvgIpc) is 2.91. The monoisotopic (exact) mass is 327 g/mol. The maximum atomic E-state index is 13.9. The second-order valence-electron chi connectivity index (χ2n) is 6.76. The van der Waals surface area contributed by atoms with E-state index in [2.05, 4.69) is 10.6 Å². The van der Waals surface area contributed by atoms with Crippen LogP contribution in [0.1, 0.15) is 12.8 Å². The van der Waals surface area contributed by atoms with Gasteiger partial charge >= 0.3 is 6.18 Å². The summed E-state index contributed by atoms with van der Waals surface area (Å²) >= 11 is 0. The molecule has 3 rings (SSSR count). The minimum Gasteiger partial charge on any atom is -0.347 e. The number of hydrogen-bond donors (Lipinski definition) is 2. The first-order valence-corrected chi connectivity index (χ1v) is 7.19. The molecule has 2 aliphatic heterocycles. The molecule has 3 fully saturated rings. The molecule has 1 amide bonds. The third-order valence-electron chi connectivity index (χ3n) is 5.32. The number of likely N-dealkylation sites (tertiary alicyclic amines) is 1. The van der Waals surface area contributed by atoms with E-state index in [0.29, 0.717) is 6.54 Å². The van der Waals surface area contributed by atoms with Crippen molar-refractivity contribution in [3.8, 4) is 0 Å². The van der Waals surface area contributed by atoms with Gasteiger partial charge in [-0.15, -0.1) is 0 Å². The van der Waals surface area contributed by atoms with Gasteiger partial charge in [-0.2, -0.15) is 13.2 Å². The number of nitrogens with one attached hydrogen (secondary N) is 2. The summed E-state index contributed by atoms with van der Waals surface area (Å²) in [5, 5.41) is 4.77. The minimum absolute atomic E-state index is 0.0256. The lowest BCUT2D eigenvalue weighted by Crippen LogP contribution is -2.59. The van der Waals surface area contributed by atoms with E-state index in [0.717, 1.165) is 0 Å². The van der Waals surface area contributed by atoms with Gasteiger partial charge in [-0.3, -0.25) is 4.79 Å². The fourth-order valence-corrected chi connectivity index (χ4v) is 3.86. The molecule has 2 heterocycles. The van der Waals surface area contributed by atoms with Crippen LogP contribution in [0.5, 0.6) is 0 Å². The van der Waals surface area contributed by atoms with E-state index in [1.165, 1.54) is 4.90 Å². The van der Waals surface area contributed by atoms with Gasteiger partial charge in [-0.1, -0.05) is 0 Å². The molecule has 0 radical (unpaired) electrons. The molecule has 0 aromatic heterocycles. The van der Waals surface area contributed by atoms with Crippen LogP contribution in [0, 0.1) is 10.8 Å². The van der Waals surface area contributed by atoms with Crippen molar-refractivity contribution in [3.63, 3.8) is 0 Å². The molecular weight excluding hydrogens is 309 g/mol. The van der Waals surface area contributed by atoms with Gasteiger partial charge in [0.15, 0.2) is 0 Å². The van der Waals surface area contributed by atoms with Crippen molar-refractivity contribution in [2.24, 2.45) is 10.8 Å². The number of piperidine rings is 2. The second-order valence-corrected chi connectivity index (χ2v) is 6.76. The number of hydrogen-bond acceptors (Lipinski definition) is 3. The van der Waals surface area contributed by atoms with Gasteiger partial charge in [0.25, 0.3) is 5.92 Å². The van der Waals surface area contributed by atoms with Gasteiger partial charge in [0.1, 0.15) is 0 Å². The van der Waals surface area contributed by atoms with Crippen LogP contribution in [0.25, 0.3) is 0 Å². The molecule has 9 heteroatoms. The molecule has 4 nitrogen and oxygen atoms in total. The highest BCUT2D eigenvalue weighted by atomic mass is 19.4. The summed E-state index contributed by atoms with van der Waals surface area (Å²) in [6, 6.07) is -1.40. The largest absolute Gasteiger partial charge is 0.396 e. The van der Waals surface area contributed by atoms with E-state index in [1.807, 2.05) is 0 Å². The highest BCUT2D eigenvalue weighted by Gasteiger charge is 2.84. The Balaban J connectivity index is 1.74. The zero-order valence-corrected chi connectivity index (χ0v) is 12.1. The van der Waals surface area contributed by atoms with Crippen molar-refractivity contribution in [3.05, 3.63) is 0 Å². The van der Waals surface area contributed by atoms with Crippen molar-refractivity contribution >= 4 is 5.91 Å². The first-order chi connectivity index (χ1) is 10.0. The maximum Gasteiger partial charge on any atom is 0.396 e. The third kappa shape index (κ3) is 2.05. The highest BCUT2D eigenvalue weighted by Crippen LogP contribution is 2.73. The van der Waals surface area contributed by atoms with Crippen molar-refractivity contribution in [2.45, 2.75) is 31.0 Å². The average molecular weight is 327 g/mol. The van der Waals surface area contributed by atoms with Crippen LogP contribution >= 0.6 is 0 Å². The molecule has 2 saturated heterocycles. The topological polar surface area (TPSA) is 44.4 Å². The molecule has 0 spiro atoms. The normalized spacial score (nSPS) is 41.1. The maximum absolute atomic E-state index is 13.9. The van der Waals surface area contributed by atoms with E-state index < -0.39 is 41.4 Å². The van der Waals surface area contributed by atoms with Crippen molar-refractivity contribution < 1.29 is 26.7 Å². The Kier molecular flexibility index (Phi) is 3.28. The molecular formula is C13H18F5N3O. The summed E-state index contributed by atoms with van der Waals surface area (Å²) in [6.45, 7) is -0.575. The van der Waals surface area contributed by atoms with E-state index in [-0.39, 0.29) is 25.9 Å². The van der Waals surface area contributed by atoms with E-state index >= 15 is 0 Å². The van der Waals surface area contributed by atoms with Gasteiger partial charge in [0.2, 0.25) is 5.91 Å². The predicted octanol–water partition coefficient (Wildman–Crippen LogP) is 0.984. The SMILES string of the molecule is CN1CCC(NC(=O)C23CNCC2(C(F)(F)F)C3)C(F)(F)C1. The Morgan fingerprint density at radius 2 is 2.00 bits per heavy atom. The Bertz CT molecular complexity index is 497. The van der Waals surface area contributed by atoms with E-state index in [4.69, 9.17) is 0 Å². The number of fused-ring (bicyclic) bond motifs is 1. The van der Waals surface area contributed by atoms with Gasteiger partial charge in [0.05, 0.1) is 23.4 Å². The van der Waals surface area contributed by atoms with Gasteiger partial charge < -0.3 is 15.5 Å². The number of rotatable bonds is 2. The van der Waals surface area contributed by atoms with Gasteiger partial charge in [-0.05, 0) is 19.9 Å². The fraction of sp³-hybridized carbons (Fsp3) is 0.923. The Morgan fingerprint density at radius 1 is 1.32 bits per heavy atom. The van der Waals surface area contributed by atoms with Crippen LogP contribution in [-0.2, 0) is 4.79 Å². The summed E-state index contributed by atoms with van der Waals surface area (Å²) in [7, 11) is 1.54. The van der Waals surface area contributed by atoms with Crippen molar-refractivity contribution in [2.75, 3.05) is 33.2 Å². The van der Waals surface area contributed by atoms with Crippen LogP contribution in [0.4, 0.5) is 22.0 Å². The smallest absolute Gasteiger partial charge is 0.347 e. The Morgan fingerprint density at radius 3 is 2.55 bits per heavy atom. The number of halogens is 5. The summed E-state index contributed by atoms with van der Waals surface area (Å²) in [5.41, 5.74) is -3.71. The van der Waals surface area contributed by atoms with Crippen molar-refractivity contribution in [1.29, 1.82) is 0 Å². The lowest BCUT2D eigenvalue weighted by atomic mass is 9.93. The zero-order chi connectivity index (χ0) is 16.4. The van der Waals surface area contributed by atoms with E-state index in [9.17, 15) is 26.7 Å². The second kappa shape index (κ2) is 4.53. The number of amides is 1. The molecule has 3 aliphatic rings. The molecule has 1 saturated carbocycles. The Labute approximate surface area is 124 Å². The number of nitrogens with zero attached hydrogens (tertiary/aromatic N) is 1. The zero-order valence-electron chi connectivity index (χ0n) is 12.1. The molecule has 2 N–H and O–H groups in total. The number of alkyl halides is 5. The van der Waals surface area contributed by atoms with Crippen LogP contribution in [0.15, 0.2) is 0 Å². The molecule has 3 atom stereocenters. The Hall–Kier alpha value is -0.960. The molecule has 0 bridgehead atoms. The van der Waals surface area contributed by atoms with E-state index in [1.54, 1.807) is 7.05 Å². The lowest BCUT2D eigenvalue weighted by Gasteiger charge is -2.37. The predicted molar refractivity (Wildman–Crippen MR) is 67.4 cm³/mol. The molecule has 0 aromatic carbocycles. The quantitative estimate of drug-likeness (QED) is 0.744. The first kappa shape index (κ1) is 15.9. The van der Waals surface area contributed by atoms with Crippen LogP contribution in [-0.4, -0.2) is 62.2 Å². The molecule has 0 aromatic rings. The summed E-state index contributed by atoms with van der Waals surface area (Å²) in [6.07, 6.45) is -4.80. The highest BCUT2D eigenvalue weighted by molar-refractivity contribution is 5.88. The standard InChI is InChI=1S/C13H18F5N3O/c1-21-3-2-8(12(14,15)7-21)20-9(22)10-4-11(10,6-19-5-10)13(16,17)18/h8,19H,2-7H2,1H3,(H,20,22). The minimum atomic E-state index is -4.51. The molecule has 126 valence electrons. The first-order valence-electron chi connectivity index (χ1n) is 7.19. The molecule has 3 unspecified atom stereocenters. The molecule has 1 aliphatic carbocycles. The summed E-state index contributed by atoms with van der Waals surface area (Å²) in [5.74, 6) is -4.04. The number of carbonyl (C=O) groups is 1. The van der Waals surface area contributed by atoms with Crippen LogP contribution in [0.3, 0.4) is 0 Å². The fourth-order valence-electron chi connectivity index (χ4n) is 3.86. The summed E-state index contributed by atoms with van der Waals surface area (Å²) < 4.78 is 67.5. The van der Waals surface area contributed by atoms with Gasteiger partial charge in [0, 0.05) is 19.6 Å². The molecule has 22 heavy (non-hydrogen) atoms.